The first-order chi connectivity index (χ1) is 15.0. The minimum Gasteiger partial charge on any atom is -0.456 e. The molecule has 1 aliphatic heterocycles. The predicted molar refractivity (Wildman–Crippen MR) is 115 cm³/mol. The molecule has 2 N–H and O–H groups in total. The number of halogens is 1. The molecule has 2 heterocycles. The molecule has 0 spiro atoms. The van der Waals surface area contributed by atoms with E-state index in [1.54, 1.807) is 0 Å². The van der Waals surface area contributed by atoms with E-state index in [1.807, 2.05) is 0 Å². The molecular formula is C19H21ClN4O7S. The average Bonchev–Trinajstić information content (AvgIpc) is 3.26. The Balaban J connectivity index is 1.78. The van der Waals surface area contributed by atoms with Gasteiger partial charge in [-0.3, -0.25) is 23.5 Å². The zero-order valence-electron chi connectivity index (χ0n) is 17.3. The molecule has 172 valence electrons. The van der Waals surface area contributed by atoms with Crippen molar-refractivity contribution in [3.05, 3.63) is 55.7 Å². The second-order valence-electron chi connectivity index (χ2n) is 7.22. The van der Waals surface area contributed by atoms with Gasteiger partial charge in [0.1, 0.15) is 17.4 Å². The number of carbonyl (C=O) groups excluding carboxylic acids is 2. The Labute approximate surface area is 188 Å². The lowest BCUT2D eigenvalue weighted by atomic mass is 10.2. The average molecular weight is 485 g/mol. The molecule has 1 aromatic carbocycles. The molecule has 1 aromatic heterocycles. The molecule has 3 rings (SSSR count). The summed E-state index contributed by atoms with van der Waals surface area (Å²) < 4.78 is 33.6. The molecule has 1 saturated heterocycles. The van der Waals surface area contributed by atoms with Gasteiger partial charge in [-0.2, -0.15) is 4.31 Å². The number of ketones is 1. The van der Waals surface area contributed by atoms with Crippen molar-refractivity contribution in [3.8, 4) is 0 Å². The van der Waals surface area contributed by atoms with Gasteiger partial charge in [0.05, 0.1) is 4.90 Å². The monoisotopic (exact) mass is 484 g/mol. The summed E-state index contributed by atoms with van der Waals surface area (Å²) in [5.74, 6) is -2.18. The number of nitrogens with two attached hydrogens (primary N) is 1. The van der Waals surface area contributed by atoms with Gasteiger partial charge in [0.25, 0.3) is 5.56 Å². The van der Waals surface area contributed by atoms with Gasteiger partial charge in [-0.05, 0) is 37.1 Å². The van der Waals surface area contributed by atoms with Gasteiger partial charge >= 0.3 is 11.7 Å². The summed E-state index contributed by atoms with van der Waals surface area (Å²) in [5, 5.41) is 0.365. The number of rotatable bonds is 6. The van der Waals surface area contributed by atoms with Crippen LogP contribution >= 0.6 is 11.6 Å². The largest absolute Gasteiger partial charge is 0.456 e. The van der Waals surface area contributed by atoms with Crippen molar-refractivity contribution in [1.29, 1.82) is 0 Å². The Morgan fingerprint density at radius 1 is 1.16 bits per heavy atom. The smallest absolute Gasteiger partial charge is 0.332 e. The van der Waals surface area contributed by atoms with Crippen molar-refractivity contribution in [3.63, 3.8) is 0 Å². The van der Waals surface area contributed by atoms with Crippen LogP contribution in [-0.2, 0) is 33.7 Å². The molecule has 1 aliphatic rings. The van der Waals surface area contributed by atoms with E-state index in [0.717, 1.165) is 8.87 Å². The van der Waals surface area contributed by atoms with Gasteiger partial charge in [-0.15, -0.1) is 0 Å². The van der Waals surface area contributed by atoms with Gasteiger partial charge in [-0.25, -0.2) is 13.2 Å². The van der Waals surface area contributed by atoms with Crippen LogP contribution in [0.5, 0.6) is 0 Å². The van der Waals surface area contributed by atoms with Crippen molar-refractivity contribution in [2.45, 2.75) is 23.8 Å². The van der Waals surface area contributed by atoms with Crippen molar-refractivity contribution in [1.82, 2.24) is 13.4 Å². The fourth-order valence-electron chi connectivity index (χ4n) is 3.43. The maximum atomic E-state index is 12.9. The van der Waals surface area contributed by atoms with Crippen molar-refractivity contribution < 1.29 is 22.7 Å². The lowest BCUT2D eigenvalue weighted by Crippen LogP contribution is -2.43. The summed E-state index contributed by atoms with van der Waals surface area (Å²) in [4.78, 5) is 49.3. The summed E-state index contributed by atoms with van der Waals surface area (Å²) in [6.45, 7) is -0.727. The number of anilines is 1. The lowest BCUT2D eigenvalue weighted by molar-refractivity contribution is -0.146. The number of Topliss-reactive ketones (excluding diaryl/α,β-unsaturated/α-hetero) is 1. The highest BCUT2D eigenvalue weighted by molar-refractivity contribution is 7.89. The van der Waals surface area contributed by atoms with Crippen LogP contribution in [0.2, 0.25) is 5.02 Å². The Bertz CT molecular complexity index is 1300. The number of esters is 1. The first-order valence-corrected chi connectivity index (χ1v) is 11.3. The minimum absolute atomic E-state index is 0.0286. The lowest BCUT2D eigenvalue weighted by Gasteiger charge is -2.22. The first kappa shape index (κ1) is 23.7. The molecule has 0 radical (unpaired) electrons. The Hall–Kier alpha value is -2.96. The highest BCUT2D eigenvalue weighted by atomic mass is 35.5. The quantitative estimate of drug-likeness (QED) is 0.441. The topological polar surface area (TPSA) is 151 Å². The third kappa shape index (κ3) is 4.20. The molecule has 11 nitrogen and oxygen atoms in total. The normalized spacial score (nSPS) is 16.8. The number of aromatic nitrogens is 2. The van der Waals surface area contributed by atoms with Crippen LogP contribution in [0.15, 0.2) is 38.8 Å². The molecule has 32 heavy (non-hydrogen) atoms. The van der Waals surface area contributed by atoms with E-state index in [4.69, 9.17) is 22.1 Å². The molecule has 0 bridgehead atoms. The van der Waals surface area contributed by atoms with Crippen molar-refractivity contribution in [2.24, 2.45) is 14.1 Å². The van der Waals surface area contributed by atoms with Gasteiger partial charge in [0, 0.05) is 25.7 Å². The summed E-state index contributed by atoms with van der Waals surface area (Å²) in [7, 11) is -1.52. The fourth-order valence-corrected chi connectivity index (χ4v) is 5.21. The van der Waals surface area contributed by atoms with Gasteiger partial charge in [0.2, 0.25) is 15.8 Å². The molecule has 2 aromatic rings. The molecule has 0 amide bonds. The van der Waals surface area contributed by atoms with E-state index in [1.165, 1.54) is 38.4 Å². The Morgan fingerprint density at radius 3 is 2.41 bits per heavy atom. The molecule has 1 fully saturated rings. The summed E-state index contributed by atoms with van der Waals surface area (Å²) >= 11 is 5.81. The Kier molecular flexibility index (Phi) is 6.58. The van der Waals surface area contributed by atoms with Crippen LogP contribution in [0.4, 0.5) is 5.82 Å². The summed E-state index contributed by atoms with van der Waals surface area (Å²) in [6.07, 6.45) is 0.637. The number of ether oxygens (including phenoxy) is 1. The summed E-state index contributed by atoms with van der Waals surface area (Å²) in [6, 6.07) is 4.40. The van der Waals surface area contributed by atoms with Crippen LogP contribution in [0.1, 0.15) is 23.2 Å². The second-order valence-corrected chi connectivity index (χ2v) is 9.55. The zero-order valence-corrected chi connectivity index (χ0v) is 18.9. The number of hydrogen-bond acceptors (Lipinski definition) is 8. The van der Waals surface area contributed by atoms with Crippen LogP contribution in [0, 0.1) is 0 Å². The van der Waals surface area contributed by atoms with Gasteiger partial charge in [0.15, 0.2) is 6.61 Å². The highest BCUT2D eigenvalue weighted by Crippen LogP contribution is 2.27. The predicted octanol–water partition coefficient (Wildman–Crippen LogP) is -0.101. The number of sulfonamides is 1. The zero-order chi connectivity index (χ0) is 23.8. The van der Waals surface area contributed by atoms with E-state index in [9.17, 15) is 27.6 Å². The molecular weight excluding hydrogens is 464 g/mol. The highest BCUT2D eigenvalue weighted by Gasteiger charge is 2.40. The molecule has 13 heteroatoms. The minimum atomic E-state index is -3.99. The standard InChI is InChI=1S/C19H21ClN4O7S/c1-22-16(21)15(17(26)23(2)19(22)28)14(25)10-31-18(27)13-4-3-9-24(13)32(29,30)12-7-5-11(20)6-8-12/h5-8,13H,3-4,9-10,21H2,1-2H3/t13-/m0/s1. The van der Waals surface area contributed by atoms with Crippen molar-refractivity contribution >= 4 is 39.2 Å². The molecule has 0 saturated carbocycles. The van der Waals surface area contributed by atoms with Crippen LogP contribution in [0.3, 0.4) is 0 Å². The van der Waals surface area contributed by atoms with Gasteiger partial charge < -0.3 is 10.5 Å². The van der Waals surface area contributed by atoms with E-state index < -0.39 is 51.2 Å². The van der Waals surface area contributed by atoms with E-state index in [-0.39, 0.29) is 23.7 Å². The van der Waals surface area contributed by atoms with Crippen LogP contribution in [0.25, 0.3) is 0 Å². The first-order valence-electron chi connectivity index (χ1n) is 9.49. The molecule has 0 aliphatic carbocycles. The van der Waals surface area contributed by atoms with E-state index in [2.05, 4.69) is 0 Å². The number of nitrogen functional groups attached to an aromatic ring is 1. The number of nitrogens with zero attached hydrogens (tertiary/aromatic N) is 3. The number of benzene rings is 1. The van der Waals surface area contributed by atoms with Gasteiger partial charge in [-0.1, -0.05) is 11.6 Å². The maximum absolute atomic E-state index is 12.9. The molecule has 1 atom stereocenters. The number of carbonyl (C=O) groups is 2. The van der Waals surface area contributed by atoms with Crippen LogP contribution < -0.4 is 17.0 Å². The fraction of sp³-hybridized carbons (Fsp3) is 0.368. The Morgan fingerprint density at radius 2 is 1.78 bits per heavy atom. The second kappa shape index (κ2) is 8.88. The van der Waals surface area contributed by atoms with Crippen molar-refractivity contribution in [2.75, 3.05) is 18.9 Å². The number of hydrogen-bond donors (Lipinski definition) is 1. The van der Waals surface area contributed by atoms with E-state index >= 15 is 0 Å². The SMILES string of the molecule is Cn1c(N)c(C(=O)COC(=O)[C@@H]2CCCN2S(=O)(=O)c2ccc(Cl)cc2)c(=O)n(C)c1=O. The maximum Gasteiger partial charge on any atom is 0.332 e. The summed E-state index contributed by atoms with van der Waals surface area (Å²) in [5.41, 5.74) is 3.61. The third-order valence-electron chi connectivity index (χ3n) is 5.23. The third-order valence-corrected chi connectivity index (χ3v) is 7.40. The van der Waals surface area contributed by atoms with E-state index in [0.29, 0.717) is 16.0 Å². The molecule has 0 unspecified atom stereocenters. The van der Waals surface area contributed by atoms with Crippen LogP contribution in [-0.4, -0.2) is 52.8 Å².